The van der Waals surface area contributed by atoms with Gasteiger partial charge in [-0.05, 0) is 24.0 Å². The SMILES string of the molecule is CNC(=O)c1cc(C(=O)CCCC2CC2)cn(Cc2ccccc2)c1=O. The highest BCUT2D eigenvalue weighted by molar-refractivity contribution is 6.00. The molecule has 0 spiro atoms. The molecular formula is C21H24N2O3. The number of ketones is 1. The molecule has 1 aromatic heterocycles. The molecule has 1 heterocycles. The first-order valence-corrected chi connectivity index (χ1v) is 9.12. The second-order valence-corrected chi connectivity index (χ2v) is 6.90. The minimum absolute atomic E-state index is 0.0106. The van der Waals surface area contributed by atoms with Crippen molar-refractivity contribution in [3.63, 3.8) is 0 Å². The second kappa shape index (κ2) is 8.13. The molecule has 1 aromatic carbocycles. The number of benzene rings is 1. The molecule has 0 bridgehead atoms. The Balaban J connectivity index is 1.87. The normalized spacial score (nSPS) is 13.4. The third-order valence-corrected chi connectivity index (χ3v) is 4.79. The number of Topliss-reactive ketones (excluding diaryl/α,β-unsaturated/α-hetero) is 1. The zero-order valence-corrected chi connectivity index (χ0v) is 15.0. The fourth-order valence-electron chi connectivity index (χ4n) is 3.09. The van der Waals surface area contributed by atoms with Crippen LogP contribution in [0, 0.1) is 5.92 Å². The molecule has 1 fully saturated rings. The first-order chi connectivity index (χ1) is 12.6. The molecule has 5 nitrogen and oxygen atoms in total. The Kier molecular flexibility index (Phi) is 5.66. The number of pyridine rings is 1. The molecule has 0 unspecified atom stereocenters. The van der Waals surface area contributed by atoms with Crippen LogP contribution in [0.2, 0.25) is 0 Å². The molecule has 0 saturated heterocycles. The van der Waals surface area contributed by atoms with E-state index in [9.17, 15) is 14.4 Å². The molecule has 0 radical (unpaired) electrons. The van der Waals surface area contributed by atoms with Crippen molar-refractivity contribution in [2.45, 2.75) is 38.6 Å². The van der Waals surface area contributed by atoms with E-state index in [4.69, 9.17) is 0 Å². The highest BCUT2D eigenvalue weighted by Crippen LogP contribution is 2.34. The molecular weight excluding hydrogens is 328 g/mol. The summed E-state index contributed by atoms with van der Waals surface area (Å²) in [6, 6.07) is 11.0. The van der Waals surface area contributed by atoms with E-state index in [0.717, 1.165) is 24.3 Å². The maximum atomic E-state index is 12.7. The van der Waals surface area contributed by atoms with Crippen LogP contribution in [0.25, 0.3) is 0 Å². The summed E-state index contributed by atoms with van der Waals surface area (Å²) in [5.41, 5.74) is 0.991. The summed E-state index contributed by atoms with van der Waals surface area (Å²) in [6.07, 6.45) is 6.52. The summed E-state index contributed by atoms with van der Waals surface area (Å²) in [6.45, 7) is 0.326. The minimum Gasteiger partial charge on any atom is -0.355 e. The van der Waals surface area contributed by atoms with Crippen molar-refractivity contribution in [1.29, 1.82) is 0 Å². The second-order valence-electron chi connectivity index (χ2n) is 6.90. The number of hydrogen-bond donors (Lipinski definition) is 1. The molecule has 26 heavy (non-hydrogen) atoms. The van der Waals surface area contributed by atoms with Crippen LogP contribution in [0.3, 0.4) is 0 Å². The Hall–Kier alpha value is -2.69. The molecule has 1 amide bonds. The van der Waals surface area contributed by atoms with E-state index in [1.165, 1.54) is 30.5 Å². The molecule has 0 atom stereocenters. The van der Waals surface area contributed by atoms with Gasteiger partial charge in [-0.25, -0.2) is 0 Å². The molecule has 2 aromatic rings. The number of nitrogens with one attached hydrogen (secondary N) is 1. The fourth-order valence-corrected chi connectivity index (χ4v) is 3.09. The molecule has 5 heteroatoms. The van der Waals surface area contributed by atoms with Crippen LogP contribution in [0.4, 0.5) is 0 Å². The molecule has 1 aliphatic carbocycles. The van der Waals surface area contributed by atoms with Gasteiger partial charge in [0.1, 0.15) is 5.56 Å². The van der Waals surface area contributed by atoms with Crippen LogP contribution < -0.4 is 10.9 Å². The van der Waals surface area contributed by atoms with Gasteiger partial charge in [-0.15, -0.1) is 0 Å². The van der Waals surface area contributed by atoms with Gasteiger partial charge in [0.2, 0.25) is 0 Å². The van der Waals surface area contributed by atoms with E-state index in [1.54, 1.807) is 6.20 Å². The van der Waals surface area contributed by atoms with Gasteiger partial charge in [-0.1, -0.05) is 49.6 Å². The summed E-state index contributed by atoms with van der Waals surface area (Å²) in [5.74, 6) is 0.304. The van der Waals surface area contributed by atoms with Crippen molar-refractivity contribution in [3.8, 4) is 0 Å². The summed E-state index contributed by atoms with van der Waals surface area (Å²) < 4.78 is 1.45. The predicted octanol–water partition coefficient (Wildman–Crippen LogP) is 3.02. The number of aromatic nitrogens is 1. The summed E-state index contributed by atoms with van der Waals surface area (Å²) in [4.78, 5) is 37.3. The molecule has 1 saturated carbocycles. The quantitative estimate of drug-likeness (QED) is 0.743. The fraction of sp³-hybridized carbons (Fsp3) is 0.381. The van der Waals surface area contributed by atoms with Crippen LogP contribution in [0.5, 0.6) is 0 Å². The van der Waals surface area contributed by atoms with E-state index in [2.05, 4.69) is 5.32 Å². The van der Waals surface area contributed by atoms with Crippen molar-refractivity contribution in [2.24, 2.45) is 5.92 Å². The molecule has 1 aliphatic rings. The van der Waals surface area contributed by atoms with Gasteiger partial charge >= 0.3 is 0 Å². The van der Waals surface area contributed by atoms with Crippen molar-refractivity contribution in [3.05, 3.63) is 69.6 Å². The first-order valence-electron chi connectivity index (χ1n) is 9.12. The highest BCUT2D eigenvalue weighted by Gasteiger charge is 2.21. The van der Waals surface area contributed by atoms with Gasteiger partial charge in [-0.2, -0.15) is 0 Å². The average molecular weight is 352 g/mol. The zero-order valence-electron chi connectivity index (χ0n) is 15.0. The van der Waals surface area contributed by atoms with Crippen LogP contribution in [-0.2, 0) is 6.54 Å². The van der Waals surface area contributed by atoms with Crippen LogP contribution >= 0.6 is 0 Å². The Bertz CT molecular complexity index is 851. The van der Waals surface area contributed by atoms with Crippen molar-refractivity contribution in [2.75, 3.05) is 7.05 Å². The van der Waals surface area contributed by atoms with Crippen LogP contribution in [0.1, 0.15) is 58.4 Å². The lowest BCUT2D eigenvalue weighted by molar-refractivity contribution is 0.0961. The lowest BCUT2D eigenvalue weighted by Gasteiger charge is -2.11. The molecule has 136 valence electrons. The lowest BCUT2D eigenvalue weighted by atomic mass is 10.0. The first kappa shape index (κ1) is 18.1. The number of carbonyl (C=O) groups is 2. The van der Waals surface area contributed by atoms with Gasteiger partial charge in [0.05, 0.1) is 6.54 Å². The third-order valence-electron chi connectivity index (χ3n) is 4.79. The van der Waals surface area contributed by atoms with Crippen LogP contribution in [-0.4, -0.2) is 23.3 Å². The smallest absolute Gasteiger partial charge is 0.263 e. The van der Waals surface area contributed by atoms with E-state index in [-0.39, 0.29) is 16.9 Å². The monoisotopic (exact) mass is 352 g/mol. The largest absolute Gasteiger partial charge is 0.355 e. The summed E-state index contributed by atoms with van der Waals surface area (Å²) >= 11 is 0. The van der Waals surface area contributed by atoms with Gasteiger partial charge in [0.25, 0.3) is 11.5 Å². The number of hydrogen-bond acceptors (Lipinski definition) is 3. The van der Waals surface area contributed by atoms with Crippen molar-refractivity contribution in [1.82, 2.24) is 9.88 Å². The van der Waals surface area contributed by atoms with Crippen molar-refractivity contribution < 1.29 is 9.59 Å². The predicted molar refractivity (Wildman–Crippen MR) is 101 cm³/mol. The van der Waals surface area contributed by atoms with Gasteiger partial charge in [0, 0.05) is 25.2 Å². The Morgan fingerprint density at radius 1 is 1.19 bits per heavy atom. The minimum atomic E-state index is -0.468. The number of amides is 1. The van der Waals surface area contributed by atoms with E-state index < -0.39 is 5.91 Å². The number of nitrogens with zero attached hydrogens (tertiary/aromatic N) is 1. The van der Waals surface area contributed by atoms with Crippen molar-refractivity contribution >= 4 is 11.7 Å². The maximum Gasteiger partial charge on any atom is 0.263 e. The van der Waals surface area contributed by atoms with E-state index in [0.29, 0.717) is 18.5 Å². The Labute approximate surface area is 153 Å². The standard InChI is InChI=1S/C21H24N2O3/c1-22-20(25)18-12-17(19(24)9-5-8-15-10-11-15)14-23(21(18)26)13-16-6-3-2-4-7-16/h2-4,6-7,12,14-15H,5,8-11,13H2,1H3,(H,22,25). The third kappa shape index (κ3) is 4.48. The van der Waals surface area contributed by atoms with Gasteiger partial charge in [0.15, 0.2) is 5.78 Å². The van der Waals surface area contributed by atoms with E-state index in [1.807, 2.05) is 30.3 Å². The average Bonchev–Trinajstić information content (AvgIpc) is 3.48. The summed E-state index contributed by atoms with van der Waals surface area (Å²) in [7, 11) is 1.48. The van der Waals surface area contributed by atoms with E-state index >= 15 is 0 Å². The lowest BCUT2D eigenvalue weighted by Crippen LogP contribution is -2.32. The zero-order chi connectivity index (χ0) is 18.5. The van der Waals surface area contributed by atoms with Gasteiger partial charge in [-0.3, -0.25) is 14.4 Å². The number of carbonyl (C=O) groups excluding carboxylic acids is 2. The topological polar surface area (TPSA) is 68.2 Å². The Morgan fingerprint density at radius 3 is 2.58 bits per heavy atom. The molecule has 0 aliphatic heterocycles. The Morgan fingerprint density at radius 2 is 1.92 bits per heavy atom. The van der Waals surface area contributed by atoms with Gasteiger partial charge < -0.3 is 9.88 Å². The maximum absolute atomic E-state index is 12.7. The molecule has 1 N–H and O–H groups in total. The van der Waals surface area contributed by atoms with Crippen LogP contribution in [0.15, 0.2) is 47.4 Å². The highest BCUT2D eigenvalue weighted by atomic mass is 16.2. The molecule has 3 rings (SSSR count). The number of rotatable bonds is 8. The summed E-state index contributed by atoms with van der Waals surface area (Å²) in [5, 5.41) is 2.48.